The fourth-order valence-electron chi connectivity index (χ4n) is 2.47. The van der Waals surface area contributed by atoms with Crippen LogP contribution in [0.4, 0.5) is 0 Å². The van der Waals surface area contributed by atoms with E-state index in [1.807, 2.05) is 13.8 Å². The standard InChI is InChI=1S/C19H24N2O.C2H6/c20-14-2-1-3-15-4-9-17(10-5-15)18-11-6-16(7-12-18)8-13-19(21)22;1-2/h4-7,9-12H,1-3,8,13-14,20H2,(H2,21,22);1-2H3. The van der Waals surface area contributed by atoms with E-state index in [0.717, 1.165) is 31.4 Å². The summed E-state index contributed by atoms with van der Waals surface area (Å²) in [5.41, 5.74) is 15.6. The molecule has 2 rings (SSSR count). The fourth-order valence-corrected chi connectivity index (χ4v) is 2.47. The molecule has 0 saturated carbocycles. The number of rotatable bonds is 8. The summed E-state index contributed by atoms with van der Waals surface area (Å²) in [6.07, 6.45) is 4.41. The van der Waals surface area contributed by atoms with Crippen LogP contribution >= 0.6 is 0 Å². The molecule has 0 spiro atoms. The highest BCUT2D eigenvalue weighted by Gasteiger charge is 2.01. The van der Waals surface area contributed by atoms with Gasteiger partial charge < -0.3 is 11.5 Å². The summed E-state index contributed by atoms with van der Waals surface area (Å²) in [6, 6.07) is 17.0. The molecule has 0 atom stereocenters. The molecule has 0 aliphatic carbocycles. The summed E-state index contributed by atoms with van der Waals surface area (Å²) < 4.78 is 0. The van der Waals surface area contributed by atoms with E-state index in [0.29, 0.717) is 12.8 Å². The molecule has 0 aromatic heterocycles. The maximum Gasteiger partial charge on any atom is 0.217 e. The van der Waals surface area contributed by atoms with Gasteiger partial charge in [-0.3, -0.25) is 4.79 Å². The number of amides is 1. The van der Waals surface area contributed by atoms with Crippen molar-refractivity contribution in [1.82, 2.24) is 0 Å². The van der Waals surface area contributed by atoms with Crippen LogP contribution in [0.3, 0.4) is 0 Å². The lowest BCUT2D eigenvalue weighted by Gasteiger charge is -2.06. The minimum atomic E-state index is -0.255. The van der Waals surface area contributed by atoms with Gasteiger partial charge in [-0.15, -0.1) is 0 Å². The Morgan fingerprint density at radius 1 is 0.792 bits per heavy atom. The topological polar surface area (TPSA) is 69.1 Å². The molecule has 3 nitrogen and oxygen atoms in total. The number of primary amides is 1. The maximum atomic E-state index is 10.8. The minimum absolute atomic E-state index is 0.255. The second-order valence-corrected chi connectivity index (χ2v) is 5.61. The smallest absolute Gasteiger partial charge is 0.217 e. The van der Waals surface area contributed by atoms with Gasteiger partial charge in [-0.25, -0.2) is 0 Å². The van der Waals surface area contributed by atoms with Gasteiger partial charge in [0.15, 0.2) is 0 Å². The Morgan fingerprint density at radius 3 is 1.67 bits per heavy atom. The second-order valence-electron chi connectivity index (χ2n) is 5.61. The molecule has 0 radical (unpaired) electrons. The van der Waals surface area contributed by atoms with Gasteiger partial charge in [0.2, 0.25) is 5.91 Å². The first kappa shape index (κ1) is 19.9. The van der Waals surface area contributed by atoms with Gasteiger partial charge in [-0.05, 0) is 54.5 Å². The number of benzene rings is 2. The average molecular weight is 326 g/mol. The number of carbonyl (C=O) groups excluding carboxylic acids is 1. The highest BCUT2D eigenvalue weighted by Crippen LogP contribution is 2.21. The fraction of sp³-hybridized carbons (Fsp3) is 0.381. The highest BCUT2D eigenvalue weighted by atomic mass is 16.1. The number of hydrogen-bond donors (Lipinski definition) is 2. The van der Waals surface area contributed by atoms with Gasteiger partial charge in [-0.2, -0.15) is 0 Å². The van der Waals surface area contributed by atoms with E-state index in [2.05, 4.69) is 48.5 Å². The van der Waals surface area contributed by atoms with Crippen molar-refractivity contribution in [3.8, 4) is 11.1 Å². The highest BCUT2D eigenvalue weighted by molar-refractivity contribution is 5.74. The molecule has 0 fully saturated rings. The normalized spacial score (nSPS) is 9.96. The van der Waals surface area contributed by atoms with E-state index in [1.54, 1.807) is 0 Å². The van der Waals surface area contributed by atoms with Crippen molar-refractivity contribution >= 4 is 5.91 Å². The zero-order valence-electron chi connectivity index (χ0n) is 14.9. The summed E-state index contributed by atoms with van der Waals surface area (Å²) in [4.78, 5) is 10.8. The quantitative estimate of drug-likeness (QED) is 0.718. The van der Waals surface area contributed by atoms with Crippen LogP contribution in [0.2, 0.25) is 0 Å². The van der Waals surface area contributed by atoms with Crippen molar-refractivity contribution in [3.63, 3.8) is 0 Å². The van der Waals surface area contributed by atoms with Crippen molar-refractivity contribution in [2.75, 3.05) is 6.54 Å². The molecule has 0 heterocycles. The van der Waals surface area contributed by atoms with Crippen LogP contribution < -0.4 is 11.5 Å². The average Bonchev–Trinajstić information content (AvgIpc) is 2.63. The molecule has 2 aromatic rings. The first-order valence-electron chi connectivity index (χ1n) is 8.85. The third-order valence-corrected chi connectivity index (χ3v) is 3.82. The zero-order chi connectivity index (χ0) is 17.8. The summed E-state index contributed by atoms with van der Waals surface area (Å²) in [7, 11) is 0. The Bertz CT molecular complexity index is 588. The number of hydrogen-bond acceptors (Lipinski definition) is 2. The molecule has 24 heavy (non-hydrogen) atoms. The lowest BCUT2D eigenvalue weighted by molar-refractivity contribution is -0.117. The van der Waals surface area contributed by atoms with Crippen molar-refractivity contribution in [3.05, 3.63) is 59.7 Å². The first-order valence-corrected chi connectivity index (χ1v) is 8.85. The van der Waals surface area contributed by atoms with Crippen molar-refractivity contribution in [1.29, 1.82) is 0 Å². The second kappa shape index (κ2) is 11.4. The zero-order valence-corrected chi connectivity index (χ0v) is 14.9. The molecule has 1 amide bonds. The van der Waals surface area contributed by atoms with Crippen molar-refractivity contribution in [2.45, 2.75) is 46.0 Å². The molecular formula is C21H30N2O. The summed E-state index contributed by atoms with van der Waals surface area (Å²) in [5.74, 6) is -0.255. The van der Waals surface area contributed by atoms with Gasteiger partial charge in [0.05, 0.1) is 0 Å². The van der Waals surface area contributed by atoms with Crippen molar-refractivity contribution < 1.29 is 4.79 Å². The molecule has 0 aliphatic rings. The van der Waals surface area contributed by atoms with Gasteiger partial charge in [0.25, 0.3) is 0 Å². The molecule has 3 heteroatoms. The SMILES string of the molecule is CC.NCCCCc1ccc(-c2ccc(CCC(N)=O)cc2)cc1. The predicted molar refractivity (Wildman–Crippen MR) is 103 cm³/mol. The third-order valence-electron chi connectivity index (χ3n) is 3.82. The number of nitrogens with two attached hydrogens (primary N) is 2. The van der Waals surface area contributed by atoms with E-state index in [-0.39, 0.29) is 5.91 Å². The van der Waals surface area contributed by atoms with E-state index >= 15 is 0 Å². The summed E-state index contributed by atoms with van der Waals surface area (Å²) in [5, 5.41) is 0. The van der Waals surface area contributed by atoms with Crippen LogP contribution in [0.5, 0.6) is 0 Å². The molecular weight excluding hydrogens is 296 g/mol. The van der Waals surface area contributed by atoms with E-state index in [9.17, 15) is 4.79 Å². The van der Waals surface area contributed by atoms with Gasteiger partial charge in [-0.1, -0.05) is 62.4 Å². The third kappa shape index (κ3) is 6.97. The maximum absolute atomic E-state index is 10.8. The molecule has 0 aliphatic heterocycles. The Morgan fingerprint density at radius 2 is 1.25 bits per heavy atom. The van der Waals surface area contributed by atoms with E-state index in [4.69, 9.17) is 11.5 Å². The molecule has 2 aromatic carbocycles. The summed E-state index contributed by atoms with van der Waals surface area (Å²) in [6.45, 7) is 4.76. The molecule has 0 bridgehead atoms. The molecule has 4 N–H and O–H groups in total. The number of unbranched alkanes of at least 4 members (excludes halogenated alkanes) is 1. The monoisotopic (exact) mass is 326 g/mol. The van der Waals surface area contributed by atoms with Crippen molar-refractivity contribution in [2.24, 2.45) is 11.5 Å². The largest absolute Gasteiger partial charge is 0.370 e. The number of aryl methyl sites for hydroxylation is 2. The predicted octanol–water partition coefficient (Wildman–Crippen LogP) is 4.08. The Hall–Kier alpha value is -2.13. The van der Waals surface area contributed by atoms with Crippen LogP contribution in [0, 0.1) is 0 Å². The summed E-state index contributed by atoms with van der Waals surface area (Å²) >= 11 is 0. The van der Waals surface area contributed by atoms with Crippen LogP contribution in [0.15, 0.2) is 48.5 Å². The van der Waals surface area contributed by atoms with Gasteiger partial charge in [0.1, 0.15) is 0 Å². The minimum Gasteiger partial charge on any atom is -0.370 e. The molecule has 0 saturated heterocycles. The van der Waals surface area contributed by atoms with Crippen LogP contribution in [0.1, 0.15) is 44.2 Å². The number of carbonyl (C=O) groups is 1. The lowest BCUT2D eigenvalue weighted by atomic mass is 9.99. The van der Waals surface area contributed by atoms with Gasteiger partial charge >= 0.3 is 0 Å². The molecule has 0 unspecified atom stereocenters. The van der Waals surface area contributed by atoms with Gasteiger partial charge in [0, 0.05) is 6.42 Å². The van der Waals surface area contributed by atoms with Crippen LogP contribution in [-0.2, 0) is 17.6 Å². The Labute approximate surface area is 146 Å². The first-order chi connectivity index (χ1) is 11.7. The molecule has 130 valence electrons. The lowest BCUT2D eigenvalue weighted by Crippen LogP contribution is -2.11. The Balaban J connectivity index is 0.00000139. The van der Waals surface area contributed by atoms with E-state index < -0.39 is 0 Å². The Kier molecular flexibility index (Phi) is 9.47. The van der Waals surface area contributed by atoms with Crippen LogP contribution in [0.25, 0.3) is 11.1 Å². The van der Waals surface area contributed by atoms with E-state index in [1.165, 1.54) is 16.7 Å². The van der Waals surface area contributed by atoms with Crippen LogP contribution in [-0.4, -0.2) is 12.5 Å².